The minimum Gasteiger partial charge on any atom is -0.454 e. The van der Waals surface area contributed by atoms with Gasteiger partial charge < -0.3 is 13.6 Å². The van der Waals surface area contributed by atoms with E-state index in [4.69, 9.17) is 9.26 Å². The van der Waals surface area contributed by atoms with Crippen LogP contribution in [0.3, 0.4) is 0 Å². The number of rotatable bonds is 4. The largest absolute Gasteiger partial charge is 0.454 e. The van der Waals surface area contributed by atoms with Gasteiger partial charge in [-0.05, 0) is 63.4 Å². The van der Waals surface area contributed by atoms with Gasteiger partial charge in [0.15, 0.2) is 5.58 Å². The lowest BCUT2D eigenvalue weighted by Crippen LogP contribution is -2.12. The molecule has 0 atom stereocenters. The van der Waals surface area contributed by atoms with Crippen molar-refractivity contribution in [2.24, 2.45) is 0 Å². The van der Waals surface area contributed by atoms with Gasteiger partial charge in [0.1, 0.15) is 11.7 Å². The van der Waals surface area contributed by atoms with Crippen LogP contribution in [0.1, 0.15) is 58.2 Å². The zero-order chi connectivity index (χ0) is 52.2. The molecule has 0 saturated carbocycles. The fourth-order valence-electron chi connectivity index (χ4n) is 12.4. The fraction of sp³-hybridized carbons (Fsp3) is 0.114. The van der Waals surface area contributed by atoms with Crippen LogP contribution in [0.5, 0.6) is 0 Å². The molecule has 0 saturated heterocycles. The second-order valence-electron chi connectivity index (χ2n) is 22.5. The number of benzene rings is 10. The molecule has 0 bridgehead atoms. The number of thiophene rings is 2. The molecular formula is C70H48N4OS2. The Morgan fingerprint density at radius 3 is 1.47 bits per heavy atom. The molecule has 0 fully saturated rings. The van der Waals surface area contributed by atoms with Crippen LogP contribution in [0.25, 0.3) is 144 Å². The van der Waals surface area contributed by atoms with Crippen molar-refractivity contribution in [3.05, 3.63) is 210 Å². The number of furan rings is 1. The molecule has 5 nitrogen and oxygen atoms in total. The average molecular weight is 1030 g/mol. The van der Waals surface area contributed by atoms with Crippen molar-refractivity contribution in [2.75, 3.05) is 0 Å². The van der Waals surface area contributed by atoms with Crippen molar-refractivity contribution < 1.29 is 4.42 Å². The van der Waals surface area contributed by atoms with Crippen molar-refractivity contribution in [1.29, 1.82) is 5.26 Å². The lowest BCUT2D eigenvalue weighted by Gasteiger charge is -2.27. The van der Waals surface area contributed by atoms with E-state index in [1.807, 2.05) is 12.1 Å². The summed E-state index contributed by atoms with van der Waals surface area (Å²) in [6.07, 6.45) is 0. The van der Waals surface area contributed by atoms with Crippen LogP contribution >= 0.6 is 22.7 Å². The van der Waals surface area contributed by atoms with E-state index in [0.29, 0.717) is 22.5 Å². The number of fused-ring (bicyclic) bond motifs is 18. The Bertz CT molecular complexity index is 5000. The van der Waals surface area contributed by atoms with Crippen molar-refractivity contribution >= 4 is 134 Å². The summed E-state index contributed by atoms with van der Waals surface area (Å²) >= 11 is 3.60. The number of hydrogen-bond donors (Lipinski definition) is 0. The summed E-state index contributed by atoms with van der Waals surface area (Å²) in [5, 5.41) is 23.4. The molecule has 0 N–H and O–H groups in total. The van der Waals surface area contributed by atoms with Crippen LogP contribution in [-0.4, -0.2) is 9.13 Å². The molecular weight excluding hydrogens is 977 g/mol. The summed E-state index contributed by atoms with van der Waals surface area (Å²) in [5.41, 5.74) is 12.8. The highest BCUT2D eigenvalue weighted by Crippen LogP contribution is 2.56. The molecule has 0 spiro atoms. The van der Waals surface area contributed by atoms with E-state index in [9.17, 15) is 11.8 Å². The van der Waals surface area contributed by atoms with Gasteiger partial charge in [-0.1, -0.05) is 193 Å². The van der Waals surface area contributed by atoms with Crippen molar-refractivity contribution in [1.82, 2.24) is 9.13 Å². The summed E-state index contributed by atoms with van der Waals surface area (Å²) in [5.74, 6) is 0. The van der Waals surface area contributed by atoms with E-state index < -0.39 is 0 Å². The molecule has 0 aliphatic heterocycles. The van der Waals surface area contributed by atoms with Gasteiger partial charge in [0, 0.05) is 74.4 Å². The molecule has 77 heavy (non-hydrogen) atoms. The second kappa shape index (κ2) is 16.3. The van der Waals surface area contributed by atoms with E-state index in [0.717, 1.165) is 114 Å². The number of nitriles is 1. The van der Waals surface area contributed by atoms with Crippen LogP contribution in [0, 0.1) is 17.9 Å². The maximum Gasteiger partial charge on any atom is 0.220 e. The normalized spacial score (nSPS) is 12.5. The Hall–Kier alpha value is -8.98. The van der Waals surface area contributed by atoms with Gasteiger partial charge in [-0.3, -0.25) is 0 Å². The summed E-state index contributed by atoms with van der Waals surface area (Å²) in [7, 11) is 0. The zero-order valence-electron chi connectivity index (χ0n) is 43.3. The van der Waals surface area contributed by atoms with Gasteiger partial charge in [-0.2, -0.15) is 5.26 Å². The predicted molar refractivity (Wildman–Crippen MR) is 327 cm³/mol. The maximum absolute atomic E-state index is 12.4. The van der Waals surface area contributed by atoms with Crippen molar-refractivity contribution in [3.63, 3.8) is 0 Å². The fourth-order valence-corrected chi connectivity index (χ4v) is 14.9. The van der Waals surface area contributed by atoms with Crippen molar-refractivity contribution in [2.45, 2.75) is 52.4 Å². The lowest BCUT2D eigenvalue weighted by molar-refractivity contribution is 0.590. The predicted octanol–water partition coefficient (Wildman–Crippen LogP) is 20.9. The number of aromatic nitrogens is 2. The first kappa shape index (κ1) is 45.4. The first-order chi connectivity index (χ1) is 37.4. The number of nitrogens with zero attached hydrogens (tertiary/aromatic N) is 4. The monoisotopic (exact) mass is 1020 g/mol. The standard InChI is InChI=1S/C70H48N4OS2/c1-69(2,3)41-28-24-39(25-29-41)58-53(38-71)61(73-54-20-12-8-16-43(54)47-32-35-50-44-17-9-13-21-55(44)75-66(50)62(47)73)59(40-26-30-42(31-27-40)70(4,5)6)65(60(58)72-7)74-63-48(33-36-51-45-18-10-14-22-56(45)76-67(51)63)49-34-37-52-46-19-11-15-23-57(46)77-68(52)64(49)74/h8-37H,1-6H3. The Balaban J connectivity index is 1.26. The summed E-state index contributed by atoms with van der Waals surface area (Å²) in [6.45, 7) is 23.1. The molecule has 0 amide bonds. The molecule has 5 heterocycles. The average Bonchev–Trinajstić information content (AvgIpc) is 4.36. The molecule has 15 rings (SSSR count). The van der Waals surface area contributed by atoms with Crippen LogP contribution in [-0.2, 0) is 10.8 Å². The smallest absolute Gasteiger partial charge is 0.220 e. The first-order valence-corrected chi connectivity index (χ1v) is 27.8. The van der Waals surface area contributed by atoms with Crippen LogP contribution < -0.4 is 0 Å². The van der Waals surface area contributed by atoms with Crippen LogP contribution in [0.4, 0.5) is 5.69 Å². The number of hydrogen-bond acceptors (Lipinski definition) is 4. The van der Waals surface area contributed by atoms with E-state index in [2.05, 4.69) is 227 Å². The Labute approximate surface area is 452 Å². The quantitative estimate of drug-likeness (QED) is 0.165. The summed E-state index contributed by atoms with van der Waals surface area (Å²) in [6, 6.07) is 68.1. The zero-order valence-corrected chi connectivity index (χ0v) is 45.0. The number of para-hydroxylation sites is 2. The molecule has 5 aromatic heterocycles. The van der Waals surface area contributed by atoms with E-state index in [1.165, 1.54) is 25.7 Å². The maximum atomic E-state index is 12.4. The SMILES string of the molecule is [C-]#[N+]c1c(-c2ccc(C(C)(C)C)cc2)c(C#N)c(-n2c3ccccc3c3ccc4c5ccccc5oc4c32)c(-c2ccc(C(C)(C)C)cc2)c1-n1c2c(ccc3c4ccccc4sc32)c2ccc3c4ccccc4sc3c21. The van der Waals surface area contributed by atoms with Gasteiger partial charge in [0.2, 0.25) is 5.69 Å². The minimum absolute atomic E-state index is 0.131. The molecule has 0 aliphatic carbocycles. The molecule has 15 aromatic rings. The topological polar surface area (TPSA) is 51.1 Å². The Kier molecular flexibility index (Phi) is 9.59. The summed E-state index contributed by atoms with van der Waals surface area (Å²) < 4.78 is 16.5. The molecule has 7 heteroatoms. The van der Waals surface area contributed by atoms with E-state index >= 15 is 0 Å². The van der Waals surface area contributed by atoms with Crippen LogP contribution in [0.15, 0.2) is 186 Å². The van der Waals surface area contributed by atoms with Gasteiger partial charge in [0.25, 0.3) is 0 Å². The summed E-state index contributed by atoms with van der Waals surface area (Å²) in [4.78, 5) is 4.77. The minimum atomic E-state index is -0.140. The first-order valence-electron chi connectivity index (χ1n) is 26.2. The van der Waals surface area contributed by atoms with E-state index in [-0.39, 0.29) is 10.8 Å². The van der Waals surface area contributed by atoms with Crippen molar-refractivity contribution in [3.8, 4) is 39.7 Å². The molecule has 10 aromatic carbocycles. The van der Waals surface area contributed by atoms with Gasteiger partial charge in [-0.25, -0.2) is 4.85 Å². The third-order valence-corrected chi connectivity index (χ3v) is 18.5. The molecule has 366 valence electrons. The highest BCUT2D eigenvalue weighted by Gasteiger charge is 2.34. The Morgan fingerprint density at radius 2 is 0.922 bits per heavy atom. The Morgan fingerprint density at radius 1 is 0.455 bits per heavy atom. The third kappa shape index (κ3) is 6.42. The molecule has 0 aliphatic rings. The molecule has 0 unspecified atom stereocenters. The van der Waals surface area contributed by atoms with Gasteiger partial charge in [-0.15, -0.1) is 22.7 Å². The lowest BCUT2D eigenvalue weighted by atomic mass is 9.83. The van der Waals surface area contributed by atoms with Gasteiger partial charge >= 0.3 is 0 Å². The highest BCUT2D eigenvalue weighted by atomic mass is 32.1. The second-order valence-corrected chi connectivity index (χ2v) is 24.7. The molecule has 0 radical (unpaired) electrons. The third-order valence-electron chi connectivity index (χ3n) is 16.1. The van der Waals surface area contributed by atoms with E-state index in [1.54, 1.807) is 22.7 Å². The van der Waals surface area contributed by atoms with Gasteiger partial charge in [0.05, 0.1) is 55.0 Å². The van der Waals surface area contributed by atoms with Crippen LogP contribution in [0.2, 0.25) is 0 Å². The highest BCUT2D eigenvalue weighted by molar-refractivity contribution is 7.27.